The van der Waals surface area contributed by atoms with Gasteiger partial charge in [0.2, 0.25) is 0 Å². The lowest BCUT2D eigenvalue weighted by Crippen LogP contribution is -2.27. The first-order chi connectivity index (χ1) is 14.1. The van der Waals surface area contributed by atoms with Crippen LogP contribution in [0.5, 0.6) is 0 Å². The maximum atomic E-state index is 12.5. The van der Waals surface area contributed by atoms with Crippen molar-refractivity contribution in [2.75, 3.05) is 19.0 Å². The van der Waals surface area contributed by atoms with Crippen molar-refractivity contribution in [3.63, 3.8) is 0 Å². The molecule has 0 aliphatic heterocycles. The van der Waals surface area contributed by atoms with Crippen LogP contribution in [0.4, 0.5) is 5.69 Å². The summed E-state index contributed by atoms with van der Waals surface area (Å²) in [5.74, 6) is -0.392. The Morgan fingerprint density at radius 1 is 1.10 bits per heavy atom. The minimum atomic E-state index is -0.392. The van der Waals surface area contributed by atoms with Crippen LogP contribution < -0.4 is 10.9 Å². The average molecular weight is 389 g/mol. The van der Waals surface area contributed by atoms with Crippen LogP contribution in [-0.4, -0.2) is 38.8 Å². The third-order valence-electron chi connectivity index (χ3n) is 4.41. The molecule has 0 spiro atoms. The lowest BCUT2D eigenvalue weighted by atomic mass is 10.1. The zero-order valence-corrected chi connectivity index (χ0v) is 15.8. The van der Waals surface area contributed by atoms with E-state index in [9.17, 15) is 9.59 Å². The molecule has 146 valence electrons. The van der Waals surface area contributed by atoms with Crippen LogP contribution in [0, 0.1) is 0 Å². The fourth-order valence-electron chi connectivity index (χ4n) is 2.90. The number of carbonyl (C=O) groups is 1. The highest BCUT2D eigenvalue weighted by Gasteiger charge is 2.11. The van der Waals surface area contributed by atoms with Gasteiger partial charge >= 0.3 is 0 Å². The maximum Gasteiger partial charge on any atom is 0.276 e. The molecule has 0 bridgehead atoms. The number of carbonyl (C=O) groups excluding carboxylic acids is 1. The number of imidazole rings is 1. The Bertz CT molecular complexity index is 1180. The summed E-state index contributed by atoms with van der Waals surface area (Å²) in [5.41, 5.74) is 3.16. The Hall–Kier alpha value is -3.78. The number of hydrogen-bond acceptors (Lipinski definition) is 5. The molecule has 0 aliphatic carbocycles. The molecule has 0 unspecified atom stereocenters. The highest BCUT2D eigenvalue weighted by Crippen LogP contribution is 2.21. The van der Waals surface area contributed by atoms with E-state index in [4.69, 9.17) is 4.74 Å². The topological polar surface area (TPSA) is 90.5 Å². The molecule has 4 aromatic rings. The molecule has 1 N–H and O–H groups in total. The summed E-state index contributed by atoms with van der Waals surface area (Å²) in [6.07, 6.45) is 3.90. The molecule has 8 heteroatoms. The van der Waals surface area contributed by atoms with E-state index in [1.165, 1.54) is 23.9 Å². The smallest absolute Gasteiger partial charge is 0.276 e. The Morgan fingerprint density at radius 3 is 2.69 bits per heavy atom. The number of aromatic nitrogens is 4. The number of fused-ring (bicyclic) bond motifs is 1. The predicted molar refractivity (Wildman–Crippen MR) is 109 cm³/mol. The quantitative estimate of drug-likeness (QED) is 0.547. The van der Waals surface area contributed by atoms with E-state index in [2.05, 4.69) is 15.4 Å². The highest BCUT2D eigenvalue weighted by atomic mass is 16.5. The molecule has 0 saturated carbocycles. The summed E-state index contributed by atoms with van der Waals surface area (Å²) >= 11 is 0. The lowest BCUT2D eigenvalue weighted by molar-refractivity contribution is 0.101. The molecule has 3 heterocycles. The molecule has 8 nitrogen and oxygen atoms in total. The molecule has 0 atom stereocenters. The Kier molecular flexibility index (Phi) is 5.17. The van der Waals surface area contributed by atoms with Gasteiger partial charge in [-0.1, -0.05) is 18.2 Å². The van der Waals surface area contributed by atoms with E-state index in [0.29, 0.717) is 12.3 Å². The second-order valence-corrected chi connectivity index (χ2v) is 6.40. The van der Waals surface area contributed by atoms with E-state index in [1.807, 2.05) is 47.1 Å². The fourth-order valence-corrected chi connectivity index (χ4v) is 2.90. The fraction of sp³-hybridized carbons (Fsp3) is 0.143. The van der Waals surface area contributed by atoms with E-state index >= 15 is 0 Å². The number of nitrogens with one attached hydrogen (secondary N) is 1. The molecule has 0 saturated heterocycles. The largest absolute Gasteiger partial charge is 0.383 e. The van der Waals surface area contributed by atoms with Crippen molar-refractivity contribution >= 4 is 17.2 Å². The van der Waals surface area contributed by atoms with E-state index in [0.717, 1.165) is 16.9 Å². The van der Waals surface area contributed by atoms with Crippen molar-refractivity contribution in [3.8, 4) is 11.3 Å². The third-order valence-corrected chi connectivity index (χ3v) is 4.41. The van der Waals surface area contributed by atoms with E-state index < -0.39 is 5.91 Å². The zero-order valence-electron chi connectivity index (χ0n) is 15.8. The number of nitrogens with zero attached hydrogens (tertiary/aromatic N) is 4. The lowest BCUT2D eigenvalue weighted by Gasteiger charge is -2.08. The van der Waals surface area contributed by atoms with Gasteiger partial charge in [0.25, 0.3) is 11.5 Å². The Balaban J connectivity index is 1.50. The van der Waals surface area contributed by atoms with Gasteiger partial charge < -0.3 is 14.5 Å². The molecular weight excluding hydrogens is 370 g/mol. The summed E-state index contributed by atoms with van der Waals surface area (Å²) in [6, 6.07) is 16.0. The van der Waals surface area contributed by atoms with Crippen molar-refractivity contribution in [2.24, 2.45) is 0 Å². The normalized spacial score (nSPS) is 10.9. The summed E-state index contributed by atoms with van der Waals surface area (Å²) in [7, 11) is 1.54. The van der Waals surface area contributed by atoms with Crippen molar-refractivity contribution in [2.45, 2.75) is 6.54 Å². The van der Waals surface area contributed by atoms with Crippen molar-refractivity contribution in [1.29, 1.82) is 0 Å². The first-order valence-electron chi connectivity index (χ1n) is 9.07. The van der Waals surface area contributed by atoms with Gasteiger partial charge in [0.05, 0.1) is 18.8 Å². The second kappa shape index (κ2) is 8.07. The number of anilines is 1. The number of amides is 1. The first-order valence-corrected chi connectivity index (χ1v) is 9.07. The van der Waals surface area contributed by atoms with E-state index in [1.54, 1.807) is 12.1 Å². The van der Waals surface area contributed by atoms with Crippen LogP contribution in [0.1, 0.15) is 10.5 Å². The number of benzene rings is 1. The second-order valence-electron chi connectivity index (χ2n) is 6.40. The van der Waals surface area contributed by atoms with Crippen molar-refractivity contribution in [3.05, 3.63) is 83.0 Å². The number of rotatable bonds is 6. The third kappa shape index (κ3) is 4.07. The Morgan fingerprint density at radius 2 is 1.93 bits per heavy atom. The number of ether oxygens (including phenoxy) is 1. The monoisotopic (exact) mass is 389 g/mol. The van der Waals surface area contributed by atoms with E-state index in [-0.39, 0.29) is 17.8 Å². The van der Waals surface area contributed by atoms with Gasteiger partial charge in [-0.3, -0.25) is 9.59 Å². The first kappa shape index (κ1) is 18.6. The van der Waals surface area contributed by atoms with Crippen molar-refractivity contribution in [1.82, 2.24) is 19.2 Å². The van der Waals surface area contributed by atoms with Crippen LogP contribution in [0.3, 0.4) is 0 Å². The van der Waals surface area contributed by atoms with Crippen LogP contribution in [0.25, 0.3) is 16.9 Å². The predicted octanol–water partition coefficient (Wildman–Crippen LogP) is 2.46. The van der Waals surface area contributed by atoms with Gasteiger partial charge in [0.15, 0.2) is 0 Å². The summed E-state index contributed by atoms with van der Waals surface area (Å²) < 4.78 is 8.12. The SMILES string of the molecule is COCCn1nc(C(=O)Nc2ccc(-c3cn4ccccc4n3)cc2)ccc1=O. The van der Waals surface area contributed by atoms with Gasteiger partial charge in [0.1, 0.15) is 11.3 Å². The number of pyridine rings is 1. The number of hydrogen-bond donors (Lipinski definition) is 1. The van der Waals surface area contributed by atoms with Crippen LogP contribution in [0.15, 0.2) is 71.8 Å². The van der Waals surface area contributed by atoms with Gasteiger partial charge in [-0.25, -0.2) is 9.67 Å². The summed E-state index contributed by atoms with van der Waals surface area (Å²) in [5, 5.41) is 6.89. The molecule has 1 amide bonds. The minimum Gasteiger partial charge on any atom is -0.383 e. The molecule has 1 aromatic carbocycles. The average Bonchev–Trinajstić information content (AvgIpc) is 3.18. The number of methoxy groups -OCH3 is 1. The van der Waals surface area contributed by atoms with Crippen molar-refractivity contribution < 1.29 is 9.53 Å². The van der Waals surface area contributed by atoms with Gasteiger partial charge in [-0.2, -0.15) is 5.10 Å². The zero-order chi connectivity index (χ0) is 20.2. The van der Waals surface area contributed by atoms with Crippen LogP contribution in [0.2, 0.25) is 0 Å². The maximum absolute atomic E-state index is 12.5. The molecular formula is C21H19N5O3. The van der Waals surface area contributed by atoms with Gasteiger partial charge in [-0.15, -0.1) is 0 Å². The summed E-state index contributed by atoms with van der Waals surface area (Å²) in [4.78, 5) is 28.9. The Labute approximate surface area is 166 Å². The molecule has 3 aromatic heterocycles. The van der Waals surface area contributed by atoms with Gasteiger partial charge in [0, 0.05) is 36.8 Å². The standard InChI is InChI=1S/C21H19N5O3/c1-29-13-12-26-20(27)10-9-17(24-26)21(28)22-16-7-5-15(6-8-16)18-14-25-11-3-2-4-19(25)23-18/h2-11,14H,12-13H2,1H3,(H,22,28). The van der Waals surface area contributed by atoms with Gasteiger partial charge in [-0.05, 0) is 30.3 Å². The highest BCUT2D eigenvalue weighted by molar-refractivity contribution is 6.02. The van der Waals surface area contributed by atoms with Crippen LogP contribution in [-0.2, 0) is 11.3 Å². The molecule has 0 aliphatic rings. The minimum absolute atomic E-state index is 0.158. The molecule has 0 radical (unpaired) electrons. The van der Waals surface area contributed by atoms with Crippen LogP contribution >= 0.6 is 0 Å². The molecule has 4 rings (SSSR count). The summed E-state index contributed by atoms with van der Waals surface area (Å²) in [6.45, 7) is 0.618. The molecule has 29 heavy (non-hydrogen) atoms. The molecule has 0 fully saturated rings.